The molecule has 1 N–H and O–H groups in total. The molecule has 4 rings (SSSR count). The average molecular weight is 392 g/mol. The summed E-state index contributed by atoms with van der Waals surface area (Å²) in [6, 6.07) is 14.2. The van der Waals surface area contributed by atoms with Gasteiger partial charge in [-0.2, -0.15) is 0 Å². The Kier molecular flexibility index (Phi) is 4.34. The van der Waals surface area contributed by atoms with Crippen LogP contribution in [0, 0.1) is 10.1 Å². The van der Waals surface area contributed by atoms with Crippen LogP contribution in [0.4, 0.5) is 10.5 Å². The Hall–Kier alpha value is -4.01. The molecule has 1 aromatic heterocycles. The van der Waals surface area contributed by atoms with Gasteiger partial charge in [-0.15, -0.1) is 0 Å². The zero-order valence-corrected chi connectivity index (χ0v) is 15.4. The molecular weight excluding hydrogens is 376 g/mol. The second-order valence-electron chi connectivity index (χ2n) is 6.76. The lowest BCUT2D eigenvalue weighted by Crippen LogP contribution is -2.40. The number of benzene rings is 2. The fraction of sp³-hybridized carbons (Fsp3) is 0.150. The predicted octanol–water partition coefficient (Wildman–Crippen LogP) is 3.22. The molecule has 1 atom stereocenters. The molecule has 146 valence electrons. The third-order valence-corrected chi connectivity index (χ3v) is 4.82. The number of hydrogen-bond acceptors (Lipinski definition) is 6. The van der Waals surface area contributed by atoms with Gasteiger partial charge in [0.05, 0.1) is 17.2 Å². The highest BCUT2D eigenvalue weighted by molar-refractivity contribution is 6.07. The van der Waals surface area contributed by atoms with Gasteiger partial charge in [0.1, 0.15) is 11.8 Å². The first-order valence-corrected chi connectivity index (χ1v) is 8.77. The number of nitrogens with zero attached hydrogens (tertiary/aromatic N) is 3. The molecule has 0 radical (unpaired) electrons. The second-order valence-corrected chi connectivity index (χ2v) is 6.76. The fourth-order valence-electron chi connectivity index (χ4n) is 3.21. The van der Waals surface area contributed by atoms with E-state index in [9.17, 15) is 19.7 Å². The lowest BCUT2D eigenvalue weighted by molar-refractivity contribution is -0.384. The van der Waals surface area contributed by atoms with E-state index in [1.54, 1.807) is 6.92 Å². The van der Waals surface area contributed by atoms with Gasteiger partial charge in [0.25, 0.3) is 11.6 Å². The van der Waals surface area contributed by atoms with Crippen LogP contribution in [-0.4, -0.2) is 26.7 Å². The van der Waals surface area contributed by atoms with Crippen LogP contribution in [0.1, 0.15) is 18.2 Å². The van der Waals surface area contributed by atoms with Crippen molar-refractivity contribution in [2.75, 3.05) is 0 Å². The summed E-state index contributed by atoms with van der Waals surface area (Å²) in [4.78, 5) is 41.2. The summed E-state index contributed by atoms with van der Waals surface area (Å²) in [7, 11) is 0. The number of nitro groups is 1. The van der Waals surface area contributed by atoms with Gasteiger partial charge in [-0.25, -0.2) is 9.78 Å². The third kappa shape index (κ3) is 3.22. The van der Waals surface area contributed by atoms with Crippen molar-refractivity contribution in [3.63, 3.8) is 0 Å². The van der Waals surface area contributed by atoms with Crippen LogP contribution in [0.25, 0.3) is 11.5 Å². The number of urea groups is 1. The number of nitrogens with one attached hydrogen (secondary N) is 1. The molecule has 1 fully saturated rings. The molecule has 0 aliphatic carbocycles. The largest absolute Gasteiger partial charge is 0.444 e. The molecule has 2 aromatic carbocycles. The molecule has 0 saturated carbocycles. The Bertz CT molecular complexity index is 1090. The van der Waals surface area contributed by atoms with E-state index in [2.05, 4.69) is 10.3 Å². The minimum atomic E-state index is -1.32. The van der Waals surface area contributed by atoms with Gasteiger partial charge in [-0.3, -0.25) is 19.8 Å². The number of carbonyl (C=O) groups excluding carboxylic acids is 2. The van der Waals surface area contributed by atoms with Gasteiger partial charge in [0.2, 0.25) is 5.89 Å². The van der Waals surface area contributed by atoms with E-state index >= 15 is 0 Å². The molecular formula is C20H16N4O5. The normalized spacial score (nSPS) is 18.7. The lowest BCUT2D eigenvalue weighted by Gasteiger charge is -2.21. The van der Waals surface area contributed by atoms with Crippen molar-refractivity contribution in [2.45, 2.75) is 19.0 Å². The molecule has 0 spiro atoms. The summed E-state index contributed by atoms with van der Waals surface area (Å²) in [5.74, 6) is -0.0774. The van der Waals surface area contributed by atoms with Gasteiger partial charge < -0.3 is 9.73 Å². The molecule has 9 nitrogen and oxygen atoms in total. The number of aromatic nitrogens is 1. The number of rotatable bonds is 5. The maximum absolute atomic E-state index is 13.0. The second kappa shape index (κ2) is 6.86. The standard InChI is InChI=1S/C20H16N4O5/c1-20(14-7-9-16(10-8-14)24(27)28)18(25)23(19(26)22-20)11-15-12-29-17(21-15)13-5-3-2-4-6-13/h2-10,12H,11H2,1H3,(H,22,26). The SMILES string of the molecule is CC1(c2ccc([N+](=O)[O-])cc2)NC(=O)N(Cc2coc(-c3ccccc3)n2)C1=O. The molecule has 2 heterocycles. The number of oxazole rings is 1. The third-order valence-electron chi connectivity index (χ3n) is 4.82. The number of imide groups is 1. The van der Waals surface area contributed by atoms with Crippen molar-refractivity contribution in [1.29, 1.82) is 0 Å². The summed E-state index contributed by atoms with van der Waals surface area (Å²) in [6.45, 7) is 1.51. The quantitative estimate of drug-likeness (QED) is 0.405. The maximum Gasteiger partial charge on any atom is 0.325 e. The zero-order valence-electron chi connectivity index (χ0n) is 15.4. The van der Waals surface area contributed by atoms with Gasteiger partial charge in [-0.05, 0) is 36.8 Å². The van der Waals surface area contributed by atoms with Crippen LogP contribution in [0.5, 0.6) is 0 Å². The molecule has 1 unspecified atom stereocenters. The number of hydrogen-bond donors (Lipinski definition) is 1. The van der Waals surface area contributed by atoms with Crippen LogP contribution in [-0.2, 0) is 16.9 Å². The Labute approximate surface area is 165 Å². The number of non-ortho nitro benzene ring substituents is 1. The van der Waals surface area contributed by atoms with Gasteiger partial charge in [-0.1, -0.05) is 18.2 Å². The minimum Gasteiger partial charge on any atom is -0.444 e. The first-order valence-electron chi connectivity index (χ1n) is 8.77. The van der Waals surface area contributed by atoms with E-state index < -0.39 is 22.4 Å². The molecule has 3 aromatic rings. The van der Waals surface area contributed by atoms with Gasteiger partial charge in [0.15, 0.2) is 0 Å². The van der Waals surface area contributed by atoms with Crippen molar-refractivity contribution in [2.24, 2.45) is 0 Å². The number of amides is 3. The topological polar surface area (TPSA) is 119 Å². The first kappa shape index (κ1) is 18.4. The van der Waals surface area contributed by atoms with Crippen molar-refractivity contribution in [1.82, 2.24) is 15.2 Å². The van der Waals surface area contributed by atoms with Crippen molar-refractivity contribution in [3.8, 4) is 11.5 Å². The van der Waals surface area contributed by atoms with Crippen molar-refractivity contribution < 1.29 is 18.9 Å². The van der Waals surface area contributed by atoms with Crippen molar-refractivity contribution in [3.05, 3.63) is 82.2 Å². The molecule has 9 heteroatoms. The summed E-state index contributed by atoms with van der Waals surface area (Å²) < 4.78 is 5.46. The van der Waals surface area contributed by atoms with E-state index in [4.69, 9.17) is 4.42 Å². The first-order chi connectivity index (χ1) is 13.9. The highest BCUT2D eigenvalue weighted by Crippen LogP contribution is 2.31. The van der Waals surface area contributed by atoms with Crippen LogP contribution >= 0.6 is 0 Å². The zero-order chi connectivity index (χ0) is 20.6. The van der Waals surface area contributed by atoms with Gasteiger partial charge in [0, 0.05) is 17.7 Å². The number of nitro benzene ring substituents is 1. The monoisotopic (exact) mass is 392 g/mol. The van der Waals surface area contributed by atoms with E-state index in [-0.39, 0.29) is 12.2 Å². The van der Waals surface area contributed by atoms with Gasteiger partial charge >= 0.3 is 6.03 Å². The predicted molar refractivity (Wildman–Crippen MR) is 101 cm³/mol. The smallest absolute Gasteiger partial charge is 0.325 e. The van der Waals surface area contributed by atoms with Crippen LogP contribution < -0.4 is 5.32 Å². The molecule has 29 heavy (non-hydrogen) atoms. The maximum atomic E-state index is 13.0. The van der Waals surface area contributed by atoms with Crippen LogP contribution in [0.15, 0.2) is 65.3 Å². The van der Waals surface area contributed by atoms with E-state index in [0.717, 1.165) is 10.5 Å². The highest BCUT2D eigenvalue weighted by atomic mass is 16.6. The molecule has 3 amide bonds. The molecule has 1 aliphatic heterocycles. The summed E-state index contributed by atoms with van der Waals surface area (Å²) in [5, 5.41) is 13.5. The molecule has 1 saturated heterocycles. The molecule has 0 bridgehead atoms. The van der Waals surface area contributed by atoms with Crippen LogP contribution in [0.2, 0.25) is 0 Å². The highest BCUT2D eigenvalue weighted by Gasteiger charge is 2.49. The fourth-order valence-corrected chi connectivity index (χ4v) is 3.21. The Morgan fingerprint density at radius 3 is 2.48 bits per heavy atom. The Morgan fingerprint density at radius 1 is 1.14 bits per heavy atom. The van der Waals surface area contributed by atoms with Crippen LogP contribution in [0.3, 0.4) is 0 Å². The molecule has 1 aliphatic rings. The van der Waals surface area contributed by atoms with E-state index in [1.807, 2.05) is 30.3 Å². The average Bonchev–Trinajstić information content (AvgIpc) is 3.28. The lowest BCUT2D eigenvalue weighted by atomic mass is 9.92. The van der Waals surface area contributed by atoms with E-state index in [1.165, 1.54) is 30.5 Å². The number of carbonyl (C=O) groups is 2. The van der Waals surface area contributed by atoms with E-state index in [0.29, 0.717) is 17.1 Å². The van der Waals surface area contributed by atoms with Crippen molar-refractivity contribution >= 4 is 17.6 Å². The Morgan fingerprint density at radius 2 is 1.83 bits per heavy atom. The summed E-state index contributed by atoms with van der Waals surface area (Å²) in [5.41, 5.74) is 0.251. The Balaban J connectivity index is 1.55. The summed E-state index contributed by atoms with van der Waals surface area (Å²) >= 11 is 0. The summed E-state index contributed by atoms with van der Waals surface area (Å²) in [6.07, 6.45) is 1.41. The minimum absolute atomic E-state index is 0.0520.